The third-order valence-electron chi connectivity index (χ3n) is 4.52. The number of halogens is 2. The molecule has 27 heavy (non-hydrogen) atoms. The molecule has 0 radical (unpaired) electrons. The van der Waals surface area contributed by atoms with Crippen molar-refractivity contribution in [2.75, 3.05) is 52.9 Å². The molecule has 0 aromatic heterocycles. The second kappa shape index (κ2) is 12.4. The van der Waals surface area contributed by atoms with Crippen LogP contribution in [-0.2, 0) is 11.3 Å². The molecule has 8 heteroatoms. The second-order valence-corrected chi connectivity index (χ2v) is 7.00. The molecule has 0 atom stereocenters. The van der Waals surface area contributed by atoms with Gasteiger partial charge in [0.05, 0.1) is 6.54 Å². The standard InChI is InChI=1S/C19H30ClN5O.HI/c1-4-21-19(23(3)15-17-5-7-18(20)8-6-17)22-9-10-24-11-13-25(14-12-24)16(2)26;/h5-8H,4,9-15H2,1-3H3,(H,21,22);1H. The number of rotatable bonds is 6. The summed E-state index contributed by atoms with van der Waals surface area (Å²) in [5.74, 6) is 1.07. The molecule has 0 unspecified atom stereocenters. The molecule has 1 N–H and O–H groups in total. The molecule has 1 aliphatic rings. The zero-order chi connectivity index (χ0) is 18.9. The molecular formula is C19H31ClIN5O. The maximum atomic E-state index is 11.4. The molecule has 1 aromatic carbocycles. The van der Waals surface area contributed by atoms with Crippen LogP contribution in [0.25, 0.3) is 0 Å². The van der Waals surface area contributed by atoms with Gasteiger partial charge < -0.3 is 15.1 Å². The molecule has 0 spiro atoms. The number of benzene rings is 1. The molecule has 1 aliphatic heterocycles. The van der Waals surface area contributed by atoms with Crippen molar-refractivity contribution in [3.63, 3.8) is 0 Å². The number of nitrogens with zero attached hydrogens (tertiary/aromatic N) is 4. The van der Waals surface area contributed by atoms with Gasteiger partial charge in [0.1, 0.15) is 0 Å². The van der Waals surface area contributed by atoms with Crippen molar-refractivity contribution in [2.24, 2.45) is 4.99 Å². The highest BCUT2D eigenvalue weighted by atomic mass is 127. The molecule has 6 nitrogen and oxygen atoms in total. The number of amides is 1. The molecule has 2 rings (SSSR count). The van der Waals surface area contributed by atoms with Crippen molar-refractivity contribution in [1.29, 1.82) is 0 Å². The number of hydrogen-bond donors (Lipinski definition) is 1. The van der Waals surface area contributed by atoms with Gasteiger partial charge in [-0.15, -0.1) is 24.0 Å². The molecule has 1 fully saturated rings. The van der Waals surface area contributed by atoms with Gasteiger partial charge in [-0.3, -0.25) is 14.7 Å². The molecule has 1 amide bonds. The third-order valence-corrected chi connectivity index (χ3v) is 4.78. The molecular weight excluding hydrogens is 477 g/mol. The summed E-state index contributed by atoms with van der Waals surface area (Å²) in [6.07, 6.45) is 0. The fourth-order valence-electron chi connectivity index (χ4n) is 2.99. The van der Waals surface area contributed by atoms with Gasteiger partial charge in [-0.2, -0.15) is 0 Å². The Kier molecular flexibility index (Phi) is 11.0. The Bertz CT molecular complexity index is 603. The maximum absolute atomic E-state index is 11.4. The normalized spacial score (nSPS) is 15.3. The summed E-state index contributed by atoms with van der Waals surface area (Å²) in [6.45, 7) is 10.5. The minimum atomic E-state index is 0. The van der Waals surface area contributed by atoms with Crippen LogP contribution in [0.4, 0.5) is 0 Å². The lowest BCUT2D eigenvalue weighted by atomic mass is 10.2. The third kappa shape index (κ3) is 8.23. The number of piperazine rings is 1. The first kappa shape index (κ1) is 24.0. The number of carbonyl (C=O) groups excluding carboxylic acids is 1. The Morgan fingerprint density at radius 2 is 1.85 bits per heavy atom. The van der Waals surface area contributed by atoms with Crippen LogP contribution in [0.5, 0.6) is 0 Å². The highest BCUT2D eigenvalue weighted by molar-refractivity contribution is 14.0. The first-order chi connectivity index (χ1) is 12.5. The lowest BCUT2D eigenvalue weighted by Gasteiger charge is -2.33. The highest BCUT2D eigenvalue weighted by Crippen LogP contribution is 2.11. The molecule has 1 saturated heterocycles. The van der Waals surface area contributed by atoms with Crippen molar-refractivity contribution in [2.45, 2.75) is 20.4 Å². The summed E-state index contributed by atoms with van der Waals surface area (Å²) in [5, 5.41) is 4.10. The fraction of sp³-hybridized carbons (Fsp3) is 0.579. The van der Waals surface area contributed by atoms with Crippen LogP contribution in [0, 0.1) is 0 Å². The van der Waals surface area contributed by atoms with Gasteiger partial charge in [-0.25, -0.2) is 0 Å². The number of carbonyl (C=O) groups is 1. The van der Waals surface area contributed by atoms with E-state index in [-0.39, 0.29) is 29.9 Å². The quantitative estimate of drug-likeness (QED) is 0.365. The Morgan fingerprint density at radius 3 is 2.41 bits per heavy atom. The number of guanidine groups is 1. The zero-order valence-electron chi connectivity index (χ0n) is 16.4. The van der Waals surface area contributed by atoms with E-state index < -0.39 is 0 Å². The van der Waals surface area contributed by atoms with E-state index in [9.17, 15) is 4.79 Å². The molecule has 152 valence electrons. The van der Waals surface area contributed by atoms with Crippen molar-refractivity contribution in [1.82, 2.24) is 20.0 Å². The SMILES string of the molecule is CCNC(=NCCN1CCN(C(C)=O)CC1)N(C)Cc1ccc(Cl)cc1.I. The summed E-state index contributed by atoms with van der Waals surface area (Å²) in [7, 11) is 2.04. The van der Waals surface area contributed by atoms with Crippen molar-refractivity contribution < 1.29 is 4.79 Å². The lowest BCUT2D eigenvalue weighted by Crippen LogP contribution is -2.48. The van der Waals surface area contributed by atoms with E-state index in [1.165, 1.54) is 5.56 Å². The van der Waals surface area contributed by atoms with Crippen LogP contribution in [0.15, 0.2) is 29.3 Å². The Labute approximate surface area is 185 Å². The predicted molar refractivity (Wildman–Crippen MR) is 123 cm³/mol. The van der Waals surface area contributed by atoms with Crippen LogP contribution >= 0.6 is 35.6 Å². The highest BCUT2D eigenvalue weighted by Gasteiger charge is 2.18. The first-order valence-electron chi connectivity index (χ1n) is 9.21. The van der Waals surface area contributed by atoms with E-state index in [1.807, 2.05) is 36.2 Å². The average molecular weight is 508 g/mol. The van der Waals surface area contributed by atoms with Gasteiger partial charge in [0, 0.05) is 64.8 Å². The Morgan fingerprint density at radius 1 is 1.22 bits per heavy atom. The zero-order valence-corrected chi connectivity index (χ0v) is 19.5. The first-order valence-corrected chi connectivity index (χ1v) is 9.59. The fourth-order valence-corrected chi connectivity index (χ4v) is 3.12. The Balaban J connectivity index is 0.00000364. The van der Waals surface area contributed by atoms with Crippen LogP contribution in [0.3, 0.4) is 0 Å². The van der Waals surface area contributed by atoms with Crippen molar-refractivity contribution >= 4 is 47.4 Å². The summed E-state index contributed by atoms with van der Waals surface area (Å²) in [6, 6.07) is 7.90. The second-order valence-electron chi connectivity index (χ2n) is 6.57. The van der Waals surface area contributed by atoms with E-state index in [0.717, 1.165) is 63.3 Å². The average Bonchev–Trinajstić information content (AvgIpc) is 2.63. The largest absolute Gasteiger partial charge is 0.357 e. The monoisotopic (exact) mass is 507 g/mol. The van der Waals surface area contributed by atoms with Crippen LogP contribution < -0.4 is 5.32 Å². The van der Waals surface area contributed by atoms with Crippen molar-refractivity contribution in [3.8, 4) is 0 Å². The van der Waals surface area contributed by atoms with Gasteiger partial charge in [-0.05, 0) is 24.6 Å². The van der Waals surface area contributed by atoms with Gasteiger partial charge >= 0.3 is 0 Å². The van der Waals surface area contributed by atoms with E-state index >= 15 is 0 Å². The van der Waals surface area contributed by atoms with Crippen molar-refractivity contribution in [3.05, 3.63) is 34.9 Å². The lowest BCUT2D eigenvalue weighted by molar-refractivity contribution is -0.130. The summed E-state index contributed by atoms with van der Waals surface area (Å²) < 4.78 is 0. The summed E-state index contributed by atoms with van der Waals surface area (Å²) >= 11 is 5.95. The molecule has 0 aliphatic carbocycles. The van der Waals surface area contributed by atoms with Crippen LogP contribution in [0.1, 0.15) is 19.4 Å². The molecule has 1 aromatic rings. The number of nitrogens with one attached hydrogen (secondary N) is 1. The minimum absolute atomic E-state index is 0. The molecule has 0 saturated carbocycles. The van der Waals surface area contributed by atoms with E-state index in [4.69, 9.17) is 16.6 Å². The molecule has 0 bridgehead atoms. The van der Waals surface area contributed by atoms with E-state index in [0.29, 0.717) is 0 Å². The van der Waals surface area contributed by atoms with Crippen LogP contribution in [0.2, 0.25) is 5.02 Å². The van der Waals surface area contributed by atoms with Gasteiger partial charge in [-0.1, -0.05) is 23.7 Å². The summed E-state index contributed by atoms with van der Waals surface area (Å²) in [5.41, 5.74) is 1.20. The van der Waals surface area contributed by atoms with E-state index in [2.05, 4.69) is 22.0 Å². The van der Waals surface area contributed by atoms with E-state index in [1.54, 1.807) is 6.92 Å². The molecule has 1 heterocycles. The van der Waals surface area contributed by atoms with Gasteiger partial charge in [0.2, 0.25) is 5.91 Å². The smallest absolute Gasteiger partial charge is 0.219 e. The maximum Gasteiger partial charge on any atom is 0.219 e. The topological polar surface area (TPSA) is 51.2 Å². The van der Waals surface area contributed by atoms with Crippen LogP contribution in [-0.4, -0.2) is 79.4 Å². The minimum Gasteiger partial charge on any atom is -0.357 e. The summed E-state index contributed by atoms with van der Waals surface area (Å²) in [4.78, 5) is 22.5. The predicted octanol–water partition coefficient (Wildman–Crippen LogP) is 2.52. The van der Waals surface area contributed by atoms with Gasteiger partial charge in [0.25, 0.3) is 0 Å². The van der Waals surface area contributed by atoms with Gasteiger partial charge in [0.15, 0.2) is 5.96 Å². The number of hydrogen-bond acceptors (Lipinski definition) is 3. The number of aliphatic imine (C=N–C) groups is 1. The Hall–Kier alpha value is -1.06.